The molecule has 0 amide bonds. The summed E-state index contributed by atoms with van der Waals surface area (Å²) in [6.45, 7) is 4.41. The van der Waals surface area contributed by atoms with Gasteiger partial charge < -0.3 is 39.4 Å². The van der Waals surface area contributed by atoms with Crippen LogP contribution in [-0.4, -0.2) is 89.6 Å². The zero-order chi connectivity index (χ0) is 41.4. The van der Waals surface area contributed by atoms with E-state index in [-0.39, 0.29) is 25.6 Å². The lowest BCUT2D eigenvalue weighted by Crippen LogP contribution is -2.59. The molecule has 57 heavy (non-hydrogen) atoms. The van der Waals surface area contributed by atoms with Crippen LogP contribution in [-0.2, 0) is 23.7 Å². The van der Waals surface area contributed by atoms with Gasteiger partial charge in [0.1, 0.15) is 30.5 Å². The van der Waals surface area contributed by atoms with Crippen LogP contribution in [0.2, 0.25) is 0 Å². The zero-order valence-corrected chi connectivity index (χ0v) is 36.1. The molecule has 1 aliphatic rings. The molecule has 1 fully saturated rings. The maximum absolute atomic E-state index is 12.8. The molecular weight excluding hydrogens is 721 g/mol. The number of carbonyl (C=O) groups is 1. The zero-order valence-electron chi connectivity index (χ0n) is 36.1. The molecule has 9 heteroatoms. The number of allylic oxidation sites excluding steroid dienone is 10. The van der Waals surface area contributed by atoms with Gasteiger partial charge in [-0.3, -0.25) is 4.79 Å². The Labute approximate surface area is 347 Å². The van der Waals surface area contributed by atoms with Crippen LogP contribution in [0.15, 0.2) is 60.8 Å². The van der Waals surface area contributed by atoms with Crippen molar-refractivity contribution in [2.24, 2.45) is 0 Å². The second-order valence-corrected chi connectivity index (χ2v) is 15.5. The Hall–Kier alpha value is -2.11. The van der Waals surface area contributed by atoms with Crippen molar-refractivity contribution >= 4 is 5.97 Å². The average molecular weight is 805 g/mol. The Balaban J connectivity index is 2.29. The standard InChI is InChI=1S/C48H84O9/c1-3-5-7-9-11-13-15-17-19-20-21-22-23-25-27-29-31-33-35-37-44(50)56-42(41-55-48-47(53)46(52)45(51)43(39-49)57-48)40-54-38-36-34-32-30-28-26-24-18-16-14-12-10-8-6-4-2/h5,7,11,13,17,19,21-22,25,27,42-43,45-49,51-53H,3-4,6,8-10,12,14-16,18,20,23-24,26,28-41H2,1-2H3/b7-5-,13-11-,19-17-,22-21-,27-25-. The molecule has 4 N–H and O–H groups in total. The van der Waals surface area contributed by atoms with Gasteiger partial charge in [0.05, 0.1) is 19.8 Å². The lowest BCUT2D eigenvalue weighted by atomic mass is 9.99. The van der Waals surface area contributed by atoms with E-state index in [0.717, 1.165) is 64.2 Å². The van der Waals surface area contributed by atoms with E-state index >= 15 is 0 Å². The summed E-state index contributed by atoms with van der Waals surface area (Å²) in [4.78, 5) is 12.8. The van der Waals surface area contributed by atoms with Crippen LogP contribution in [0.4, 0.5) is 0 Å². The first-order valence-electron chi connectivity index (χ1n) is 22.9. The van der Waals surface area contributed by atoms with Crippen LogP contribution < -0.4 is 0 Å². The second-order valence-electron chi connectivity index (χ2n) is 15.5. The Bertz CT molecular complexity index is 1050. The molecule has 1 aliphatic heterocycles. The SMILES string of the molecule is CC/C=C\C/C=C\C/C=C\C/C=C\C/C=C\CCCCCC(=O)OC(COCCCCCCCCCCCCCCCCC)COC1OC(CO)C(O)C(O)C1O. The summed E-state index contributed by atoms with van der Waals surface area (Å²) in [6.07, 6.45) is 42.4. The van der Waals surface area contributed by atoms with Gasteiger partial charge in [0.15, 0.2) is 6.29 Å². The topological polar surface area (TPSA) is 135 Å². The van der Waals surface area contributed by atoms with Crippen molar-refractivity contribution in [3.63, 3.8) is 0 Å². The van der Waals surface area contributed by atoms with Crippen molar-refractivity contribution in [2.45, 2.75) is 211 Å². The van der Waals surface area contributed by atoms with Crippen LogP contribution in [0.1, 0.15) is 174 Å². The van der Waals surface area contributed by atoms with Gasteiger partial charge in [-0.1, -0.05) is 171 Å². The Morgan fingerprint density at radius 1 is 0.579 bits per heavy atom. The van der Waals surface area contributed by atoms with E-state index in [0.29, 0.717) is 13.0 Å². The maximum atomic E-state index is 12.8. The first-order valence-corrected chi connectivity index (χ1v) is 22.9. The summed E-state index contributed by atoms with van der Waals surface area (Å²) < 4.78 is 22.8. The molecule has 0 radical (unpaired) electrons. The highest BCUT2D eigenvalue weighted by atomic mass is 16.7. The lowest BCUT2D eigenvalue weighted by Gasteiger charge is -2.39. The van der Waals surface area contributed by atoms with E-state index in [4.69, 9.17) is 18.9 Å². The number of esters is 1. The summed E-state index contributed by atoms with van der Waals surface area (Å²) >= 11 is 0. The summed E-state index contributed by atoms with van der Waals surface area (Å²) in [5.41, 5.74) is 0. The molecule has 1 rings (SSSR count). The number of aliphatic hydroxyl groups is 4. The molecule has 0 aromatic rings. The molecule has 0 bridgehead atoms. The summed E-state index contributed by atoms with van der Waals surface area (Å²) in [6, 6.07) is 0. The van der Waals surface area contributed by atoms with Crippen LogP contribution in [0.3, 0.4) is 0 Å². The molecule has 1 heterocycles. The lowest BCUT2D eigenvalue weighted by molar-refractivity contribution is -0.305. The third kappa shape index (κ3) is 30.6. The third-order valence-corrected chi connectivity index (χ3v) is 10.2. The van der Waals surface area contributed by atoms with Gasteiger partial charge in [-0.25, -0.2) is 0 Å². The molecular formula is C48H84O9. The number of carbonyl (C=O) groups excluding carboxylic acids is 1. The molecule has 1 saturated heterocycles. The highest BCUT2D eigenvalue weighted by molar-refractivity contribution is 5.69. The number of ether oxygens (including phenoxy) is 4. The van der Waals surface area contributed by atoms with Crippen LogP contribution in [0.5, 0.6) is 0 Å². The molecule has 6 atom stereocenters. The first-order chi connectivity index (χ1) is 27.9. The Morgan fingerprint density at radius 3 is 1.60 bits per heavy atom. The fourth-order valence-electron chi connectivity index (χ4n) is 6.64. The van der Waals surface area contributed by atoms with Crippen molar-refractivity contribution in [3.8, 4) is 0 Å². The highest BCUT2D eigenvalue weighted by Crippen LogP contribution is 2.22. The fourth-order valence-corrected chi connectivity index (χ4v) is 6.64. The molecule has 0 aromatic carbocycles. The van der Waals surface area contributed by atoms with Gasteiger partial charge in [-0.15, -0.1) is 0 Å². The Kier molecular flexibility index (Phi) is 36.5. The minimum Gasteiger partial charge on any atom is -0.457 e. The normalized spacial score (nSPS) is 21.0. The number of hydrogen-bond acceptors (Lipinski definition) is 9. The van der Waals surface area contributed by atoms with Crippen molar-refractivity contribution in [3.05, 3.63) is 60.8 Å². The van der Waals surface area contributed by atoms with Crippen molar-refractivity contribution in [1.82, 2.24) is 0 Å². The van der Waals surface area contributed by atoms with E-state index < -0.39 is 43.4 Å². The van der Waals surface area contributed by atoms with Crippen LogP contribution >= 0.6 is 0 Å². The predicted molar refractivity (Wildman–Crippen MR) is 233 cm³/mol. The van der Waals surface area contributed by atoms with Gasteiger partial charge >= 0.3 is 5.97 Å². The molecule has 330 valence electrons. The van der Waals surface area contributed by atoms with Gasteiger partial charge in [-0.2, -0.15) is 0 Å². The minimum absolute atomic E-state index is 0.128. The largest absolute Gasteiger partial charge is 0.457 e. The van der Waals surface area contributed by atoms with Crippen LogP contribution in [0.25, 0.3) is 0 Å². The van der Waals surface area contributed by atoms with Crippen molar-refractivity contribution in [2.75, 3.05) is 26.4 Å². The molecule has 0 aliphatic carbocycles. The molecule has 6 unspecified atom stereocenters. The number of rotatable bonds is 38. The predicted octanol–water partition coefficient (Wildman–Crippen LogP) is 10.3. The molecule has 0 aromatic heterocycles. The second kappa shape index (κ2) is 39.4. The summed E-state index contributed by atoms with van der Waals surface area (Å²) in [7, 11) is 0. The van der Waals surface area contributed by atoms with Gasteiger partial charge in [0.25, 0.3) is 0 Å². The average Bonchev–Trinajstić information content (AvgIpc) is 3.21. The minimum atomic E-state index is -1.54. The first kappa shape index (κ1) is 52.9. The summed E-state index contributed by atoms with van der Waals surface area (Å²) in [5, 5.41) is 40.1. The van der Waals surface area contributed by atoms with Gasteiger partial charge in [0.2, 0.25) is 0 Å². The quantitative estimate of drug-likeness (QED) is 0.0273. The fraction of sp³-hybridized carbons (Fsp3) is 0.771. The number of unbranched alkanes of at least 4 members (excludes halogenated alkanes) is 17. The van der Waals surface area contributed by atoms with E-state index in [1.807, 2.05) is 0 Å². The highest BCUT2D eigenvalue weighted by Gasteiger charge is 2.44. The van der Waals surface area contributed by atoms with Gasteiger partial charge in [-0.05, 0) is 57.8 Å². The monoisotopic (exact) mass is 805 g/mol. The van der Waals surface area contributed by atoms with E-state index in [1.54, 1.807) is 0 Å². The molecule has 0 spiro atoms. The maximum Gasteiger partial charge on any atom is 0.306 e. The molecule has 9 nitrogen and oxygen atoms in total. The van der Waals surface area contributed by atoms with Crippen molar-refractivity contribution < 1.29 is 44.2 Å². The van der Waals surface area contributed by atoms with Crippen molar-refractivity contribution in [1.29, 1.82) is 0 Å². The third-order valence-electron chi connectivity index (χ3n) is 10.2. The molecule has 0 saturated carbocycles. The summed E-state index contributed by atoms with van der Waals surface area (Å²) in [5.74, 6) is -0.345. The van der Waals surface area contributed by atoms with E-state index in [9.17, 15) is 25.2 Å². The number of hydrogen-bond donors (Lipinski definition) is 4. The van der Waals surface area contributed by atoms with E-state index in [1.165, 1.54) is 83.5 Å². The Morgan fingerprint density at radius 2 is 1.07 bits per heavy atom. The van der Waals surface area contributed by atoms with Crippen LogP contribution in [0, 0.1) is 0 Å². The number of aliphatic hydroxyl groups excluding tert-OH is 4. The smallest absolute Gasteiger partial charge is 0.306 e. The van der Waals surface area contributed by atoms with E-state index in [2.05, 4.69) is 74.6 Å². The van der Waals surface area contributed by atoms with Gasteiger partial charge in [0, 0.05) is 13.0 Å².